The van der Waals surface area contributed by atoms with Gasteiger partial charge in [-0.1, -0.05) is 12.1 Å². The minimum absolute atomic E-state index is 0.755. The van der Waals surface area contributed by atoms with Gasteiger partial charge < -0.3 is 4.43 Å². The summed E-state index contributed by atoms with van der Waals surface area (Å²) in [5, 5.41) is 0. The Kier molecular flexibility index (Phi) is 5.16. The van der Waals surface area contributed by atoms with Crippen molar-refractivity contribution in [3.8, 4) is 5.75 Å². The normalized spacial score (nSPS) is 16.6. The second-order valence-corrected chi connectivity index (χ2v) is 7.27. The van der Waals surface area contributed by atoms with E-state index in [1.807, 2.05) is 18.3 Å². The van der Waals surface area contributed by atoms with Crippen molar-refractivity contribution in [2.75, 3.05) is 19.6 Å². The van der Waals surface area contributed by atoms with Crippen molar-refractivity contribution >= 4 is 20.9 Å². The Bertz CT molecular complexity index is 440. The first kappa shape index (κ1) is 14.3. The van der Waals surface area contributed by atoms with Gasteiger partial charge in [0, 0.05) is 12.8 Å². The summed E-state index contributed by atoms with van der Waals surface area (Å²) in [4.78, 5) is 7.05. The molecule has 1 fully saturated rings. The van der Waals surface area contributed by atoms with Crippen LogP contribution in [-0.4, -0.2) is 39.8 Å². The number of hydrogen-bond donors (Lipinski definition) is 0. The Balaban J connectivity index is 2.05. The van der Waals surface area contributed by atoms with Crippen LogP contribution in [0, 0.1) is 6.92 Å². The number of aliphatic imine (C=N–C) groups is 1. The predicted molar refractivity (Wildman–Crippen MR) is 83.1 cm³/mol. The zero-order valence-corrected chi connectivity index (χ0v) is 13.1. The van der Waals surface area contributed by atoms with E-state index < -0.39 is 9.04 Å². The van der Waals surface area contributed by atoms with Crippen LogP contribution in [0.2, 0.25) is 13.1 Å². The largest absolute Gasteiger partial charge is 0.541 e. The third kappa shape index (κ3) is 4.18. The molecule has 3 nitrogen and oxygen atoms in total. The van der Waals surface area contributed by atoms with Crippen LogP contribution >= 0.6 is 0 Å². The van der Waals surface area contributed by atoms with Gasteiger partial charge in [-0.25, -0.2) is 0 Å². The zero-order valence-electron chi connectivity index (χ0n) is 12.1. The second kappa shape index (κ2) is 6.87. The van der Waals surface area contributed by atoms with Gasteiger partial charge in [0.2, 0.25) is 0 Å². The molecule has 0 amide bonds. The second-order valence-electron chi connectivity index (χ2n) is 5.25. The molecule has 1 aromatic carbocycles. The van der Waals surface area contributed by atoms with Gasteiger partial charge in [0.1, 0.15) is 11.4 Å². The number of para-hydroxylation sites is 1. The van der Waals surface area contributed by atoms with Crippen LogP contribution in [0.25, 0.3) is 0 Å². The third-order valence-electron chi connectivity index (χ3n) is 3.27. The topological polar surface area (TPSA) is 24.8 Å². The van der Waals surface area contributed by atoms with Gasteiger partial charge in [0.25, 0.3) is 9.04 Å². The smallest absolute Gasteiger partial charge is 0.274 e. The molecule has 0 bridgehead atoms. The molecule has 19 heavy (non-hydrogen) atoms. The Morgan fingerprint density at radius 3 is 2.74 bits per heavy atom. The molecular weight excluding hydrogens is 252 g/mol. The minimum Gasteiger partial charge on any atom is -0.541 e. The van der Waals surface area contributed by atoms with Crippen molar-refractivity contribution in [2.45, 2.75) is 32.9 Å². The van der Waals surface area contributed by atoms with Crippen molar-refractivity contribution in [1.29, 1.82) is 0 Å². The van der Waals surface area contributed by atoms with Gasteiger partial charge in [-0.3, -0.25) is 9.89 Å². The maximum atomic E-state index is 5.97. The monoisotopic (exact) mass is 275 g/mol. The minimum atomic E-state index is -0.755. The fourth-order valence-electron chi connectivity index (χ4n) is 2.30. The van der Waals surface area contributed by atoms with Crippen LogP contribution in [0.3, 0.4) is 0 Å². The molecule has 0 aromatic heterocycles. The zero-order chi connectivity index (χ0) is 13.7. The molecule has 1 aliphatic heterocycles. The van der Waals surface area contributed by atoms with E-state index >= 15 is 0 Å². The van der Waals surface area contributed by atoms with Crippen LogP contribution in [0.5, 0.6) is 5.75 Å². The maximum Gasteiger partial charge on any atom is 0.274 e. The predicted octanol–water partition coefficient (Wildman–Crippen LogP) is 3.42. The van der Waals surface area contributed by atoms with E-state index in [0.29, 0.717) is 0 Å². The van der Waals surface area contributed by atoms with Gasteiger partial charge >= 0.3 is 0 Å². The quantitative estimate of drug-likeness (QED) is 0.607. The van der Waals surface area contributed by atoms with Gasteiger partial charge in [-0.05, 0) is 57.6 Å². The van der Waals surface area contributed by atoms with Gasteiger partial charge in [-0.15, -0.1) is 0 Å². The van der Waals surface area contributed by atoms with E-state index in [2.05, 4.69) is 36.0 Å². The SMILES string of the molecule is Cc1cccc(N=CCN2CCCC2)c1O[Si](C)C. The lowest BCUT2D eigenvalue weighted by Crippen LogP contribution is -2.21. The molecule has 103 valence electrons. The van der Waals surface area contributed by atoms with Crippen molar-refractivity contribution in [3.63, 3.8) is 0 Å². The van der Waals surface area contributed by atoms with Crippen LogP contribution < -0.4 is 4.43 Å². The lowest BCUT2D eigenvalue weighted by Gasteiger charge is -2.14. The molecule has 0 unspecified atom stereocenters. The highest BCUT2D eigenvalue weighted by Gasteiger charge is 2.11. The summed E-state index contributed by atoms with van der Waals surface area (Å²) in [6.45, 7) is 9.74. The third-order valence-corrected chi connectivity index (χ3v) is 3.88. The van der Waals surface area contributed by atoms with Crippen LogP contribution in [0.4, 0.5) is 5.69 Å². The molecule has 0 N–H and O–H groups in total. The van der Waals surface area contributed by atoms with Gasteiger partial charge in [0.05, 0.1) is 0 Å². The number of likely N-dealkylation sites (tertiary alicyclic amines) is 1. The summed E-state index contributed by atoms with van der Waals surface area (Å²) in [6.07, 6.45) is 4.67. The molecule has 4 heteroatoms. The van der Waals surface area contributed by atoms with Crippen LogP contribution in [-0.2, 0) is 0 Å². The molecule has 0 saturated carbocycles. The van der Waals surface area contributed by atoms with Crippen molar-refractivity contribution in [2.24, 2.45) is 4.99 Å². The summed E-state index contributed by atoms with van der Waals surface area (Å²) < 4.78 is 5.97. The Hall–Kier alpha value is -1.13. The molecule has 1 heterocycles. The summed E-state index contributed by atoms with van der Waals surface area (Å²) in [7, 11) is -0.755. The average molecular weight is 275 g/mol. The van der Waals surface area contributed by atoms with Crippen LogP contribution in [0.15, 0.2) is 23.2 Å². The number of aryl methyl sites for hydroxylation is 1. The highest BCUT2D eigenvalue weighted by Crippen LogP contribution is 2.31. The number of hydrogen-bond acceptors (Lipinski definition) is 3. The number of rotatable bonds is 5. The summed E-state index contributed by atoms with van der Waals surface area (Å²) in [5.74, 6) is 0.957. The van der Waals surface area contributed by atoms with Crippen LogP contribution in [0.1, 0.15) is 18.4 Å². The molecular formula is C15H23N2OSi. The van der Waals surface area contributed by atoms with Gasteiger partial charge in [0.15, 0.2) is 0 Å². The fourth-order valence-corrected chi connectivity index (χ4v) is 2.97. The summed E-state index contributed by atoms with van der Waals surface area (Å²) in [6, 6.07) is 6.16. The Morgan fingerprint density at radius 2 is 2.05 bits per heavy atom. The lowest BCUT2D eigenvalue weighted by atomic mass is 10.2. The Morgan fingerprint density at radius 1 is 1.32 bits per heavy atom. The summed E-state index contributed by atoms with van der Waals surface area (Å²) in [5.41, 5.74) is 2.13. The molecule has 1 aromatic rings. The van der Waals surface area contributed by atoms with E-state index in [1.165, 1.54) is 31.5 Å². The van der Waals surface area contributed by atoms with E-state index in [1.54, 1.807) is 0 Å². The van der Waals surface area contributed by atoms with E-state index in [4.69, 9.17) is 4.43 Å². The average Bonchev–Trinajstić information content (AvgIpc) is 2.86. The lowest BCUT2D eigenvalue weighted by molar-refractivity contribution is 0.391. The molecule has 2 rings (SSSR count). The van der Waals surface area contributed by atoms with E-state index in [0.717, 1.165) is 18.0 Å². The molecule has 1 aliphatic rings. The number of nitrogens with zero attached hydrogens (tertiary/aromatic N) is 2. The van der Waals surface area contributed by atoms with Crippen molar-refractivity contribution < 1.29 is 4.43 Å². The van der Waals surface area contributed by atoms with Crippen molar-refractivity contribution in [1.82, 2.24) is 4.90 Å². The molecule has 0 aliphatic carbocycles. The maximum absolute atomic E-state index is 5.97. The molecule has 0 spiro atoms. The first-order valence-electron chi connectivity index (χ1n) is 6.99. The first-order chi connectivity index (χ1) is 9.16. The molecule has 0 atom stereocenters. The first-order valence-corrected chi connectivity index (χ1v) is 9.40. The highest BCUT2D eigenvalue weighted by atomic mass is 28.3. The standard InChI is InChI=1S/C15H23N2OSi/c1-13-7-6-8-14(15(13)18-19(2)3)16-9-12-17-10-4-5-11-17/h6-9H,4-5,10-12H2,1-3H3. The van der Waals surface area contributed by atoms with Crippen molar-refractivity contribution in [3.05, 3.63) is 23.8 Å². The van der Waals surface area contributed by atoms with E-state index in [9.17, 15) is 0 Å². The van der Waals surface area contributed by atoms with E-state index in [-0.39, 0.29) is 0 Å². The summed E-state index contributed by atoms with van der Waals surface area (Å²) >= 11 is 0. The highest BCUT2D eigenvalue weighted by molar-refractivity contribution is 6.49. The molecule has 1 saturated heterocycles. The van der Waals surface area contributed by atoms with Gasteiger partial charge in [-0.2, -0.15) is 0 Å². The molecule has 1 radical (unpaired) electrons. The Labute approximate surface area is 118 Å². The number of benzene rings is 1. The fraction of sp³-hybridized carbons (Fsp3) is 0.533.